The van der Waals surface area contributed by atoms with Gasteiger partial charge in [0.1, 0.15) is 12.4 Å². The summed E-state index contributed by atoms with van der Waals surface area (Å²) in [6, 6.07) is 12.4. The summed E-state index contributed by atoms with van der Waals surface area (Å²) in [4.78, 5) is 0.0887. The van der Waals surface area contributed by atoms with E-state index in [1.807, 2.05) is 24.3 Å². The van der Waals surface area contributed by atoms with E-state index in [9.17, 15) is 8.42 Å². The molecule has 0 aromatic heterocycles. The summed E-state index contributed by atoms with van der Waals surface area (Å²) in [6.07, 6.45) is 1.12. The molecule has 2 N–H and O–H groups in total. The number of halogens is 1. The number of nitrogen functional groups attached to an aromatic ring is 1. The van der Waals surface area contributed by atoms with Crippen LogP contribution in [0.4, 0.5) is 5.69 Å². The van der Waals surface area contributed by atoms with Crippen LogP contribution in [0.5, 0.6) is 5.75 Å². The van der Waals surface area contributed by atoms with Crippen molar-refractivity contribution >= 4 is 31.5 Å². The van der Waals surface area contributed by atoms with Gasteiger partial charge in [-0.2, -0.15) is 0 Å². The lowest BCUT2D eigenvalue weighted by molar-refractivity contribution is 0.307. The average molecular weight is 356 g/mol. The Balaban J connectivity index is 2.20. The van der Waals surface area contributed by atoms with Gasteiger partial charge in [-0.1, -0.05) is 34.1 Å². The summed E-state index contributed by atoms with van der Waals surface area (Å²) < 4.78 is 29.7. The van der Waals surface area contributed by atoms with Crippen LogP contribution in [0.25, 0.3) is 0 Å². The maximum atomic E-state index is 11.6. The van der Waals surface area contributed by atoms with Crippen molar-refractivity contribution in [2.45, 2.75) is 11.5 Å². The van der Waals surface area contributed by atoms with Gasteiger partial charge < -0.3 is 10.5 Å². The highest BCUT2D eigenvalue weighted by molar-refractivity contribution is 9.10. The average Bonchev–Trinajstić information content (AvgIpc) is 2.38. The molecule has 0 heterocycles. The van der Waals surface area contributed by atoms with Crippen molar-refractivity contribution < 1.29 is 13.2 Å². The fourth-order valence-corrected chi connectivity index (χ4v) is 2.80. The minimum absolute atomic E-state index is 0.0887. The zero-order valence-electron chi connectivity index (χ0n) is 10.8. The first-order valence-electron chi connectivity index (χ1n) is 5.84. The molecule has 0 amide bonds. The molecule has 0 atom stereocenters. The lowest BCUT2D eigenvalue weighted by atomic mass is 10.2. The molecule has 0 radical (unpaired) electrons. The lowest BCUT2D eigenvalue weighted by Crippen LogP contribution is -2.05. The van der Waals surface area contributed by atoms with Crippen molar-refractivity contribution in [2.24, 2.45) is 0 Å². The maximum absolute atomic E-state index is 11.6. The van der Waals surface area contributed by atoms with Gasteiger partial charge in [-0.25, -0.2) is 8.42 Å². The molecule has 0 aliphatic rings. The fourth-order valence-electron chi connectivity index (χ4n) is 1.71. The van der Waals surface area contributed by atoms with Gasteiger partial charge in [0.05, 0.1) is 10.6 Å². The Kier molecular flexibility index (Phi) is 4.35. The number of anilines is 1. The third-order valence-corrected chi connectivity index (χ3v) is 4.42. The highest BCUT2D eigenvalue weighted by Gasteiger charge is 2.14. The van der Waals surface area contributed by atoms with Crippen molar-refractivity contribution in [3.05, 3.63) is 52.5 Å². The first kappa shape index (κ1) is 14.9. The first-order chi connectivity index (χ1) is 9.38. The molecular weight excluding hydrogens is 342 g/mol. The SMILES string of the molecule is CS(=O)(=O)c1cccc(OCc2ccc(Br)cc2)c1N. The molecule has 0 spiro atoms. The molecule has 0 aliphatic carbocycles. The zero-order valence-corrected chi connectivity index (χ0v) is 13.2. The number of nitrogens with two attached hydrogens (primary N) is 1. The Hall–Kier alpha value is -1.53. The lowest BCUT2D eigenvalue weighted by Gasteiger charge is -2.11. The van der Waals surface area contributed by atoms with Crippen molar-refractivity contribution in [1.29, 1.82) is 0 Å². The second kappa shape index (κ2) is 5.85. The molecule has 0 aliphatic heterocycles. The summed E-state index contributed by atoms with van der Waals surface area (Å²) in [6.45, 7) is 0.324. The molecule has 0 saturated heterocycles. The van der Waals surface area contributed by atoms with E-state index in [0.29, 0.717) is 12.4 Å². The van der Waals surface area contributed by atoms with Gasteiger partial charge in [0.15, 0.2) is 9.84 Å². The van der Waals surface area contributed by atoms with Crippen molar-refractivity contribution in [1.82, 2.24) is 0 Å². The maximum Gasteiger partial charge on any atom is 0.177 e. The van der Waals surface area contributed by atoms with Crippen LogP contribution in [-0.2, 0) is 16.4 Å². The molecule has 0 bridgehead atoms. The van der Waals surface area contributed by atoms with Gasteiger partial charge in [0.25, 0.3) is 0 Å². The number of rotatable bonds is 4. The zero-order chi connectivity index (χ0) is 14.8. The predicted molar refractivity (Wildman–Crippen MR) is 82.4 cm³/mol. The highest BCUT2D eigenvalue weighted by atomic mass is 79.9. The number of hydrogen-bond acceptors (Lipinski definition) is 4. The number of sulfone groups is 1. The van der Waals surface area contributed by atoms with Crippen molar-refractivity contribution in [2.75, 3.05) is 12.0 Å². The summed E-state index contributed by atoms with van der Waals surface area (Å²) in [5.41, 5.74) is 6.96. The summed E-state index contributed by atoms with van der Waals surface area (Å²) in [7, 11) is -3.36. The van der Waals surface area contributed by atoms with E-state index in [1.165, 1.54) is 6.07 Å². The molecule has 2 aromatic rings. The predicted octanol–water partition coefficient (Wildman–Crippen LogP) is 3.01. The topological polar surface area (TPSA) is 69.4 Å². The summed E-state index contributed by atoms with van der Waals surface area (Å²) in [5, 5.41) is 0. The van der Waals surface area contributed by atoms with Crippen LogP contribution >= 0.6 is 15.9 Å². The van der Waals surface area contributed by atoms with E-state index in [2.05, 4.69) is 15.9 Å². The molecule has 2 aromatic carbocycles. The van der Waals surface area contributed by atoms with Gasteiger partial charge in [0, 0.05) is 10.7 Å². The Morgan fingerprint density at radius 2 is 1.80 bits per heavy atom. The van der Waals surface area contributed by atoms with Gasteiger partial charge in [-0.05, 0) is 29.8 Å². The third kappa shape index (κ3) is 3.52. The van der Waals surface area contributed by atoms with Crippen LogP contribution < -0.4 is 10.5 Å². The molecule has 20 heavy (non-hydrogen) atoms. The standard InChI is InChI=1S/C14H14BrNO3S/c1-20(17,18)13-4-2-3-12(14(13)16)19-9-10-5-7-11(15)8-6-10/h2-8H,9,16H2,1H3. The van der Waals surface area contributed by atoms with Crippen LogP contribution in [-0.4, -0.2) is 14.7 Å². The van der Waals surface area contributed by atoms with E-state index < -0.39 is 9.84 Å². The third-order valence-electron chi connectivity index (χ3n) is 2.73. The summed E-state index contributed by atoms with van der Waals surface area (Å²) in [5.74, 6) is 0.371. The van der Waals surface area contributed by atoms with Crippen LogP contribution in [0.1, 0.15) is 5.56 Å². The number of ether oxygens (including phenoxy) is 1. The van der Waals surface area contributed by atoms with Crippen molar-refractivity contribution in [3.8, 4) is 5.75 Å². The Morgan fingerprint density at radius 3 is 2.40 bits per heavy atom. The molecule has 0 unspecified atom stereocenters. The second-order valence-corrected chi connectivity index (χ2v) is 7.26. The second-order valence-electron chi connectivity index (χ2n) is 4.36. The molecule has 4 nitrogen and oxygen atoms in total. The summed E-state index contributed by atoms with van der Waals surface area (Å²) >= 11 is 3.36. The van der Waals surface area contributed by atoms with Crippen molar-refractivity contribution in [3.63, 3.8) is 0 Å². The van der Waals surface area contributed by atoms with Gasteiger partial charge in [-0.3, -0.25) is 0 Å². The molecule has 0 fully saturated rings. The Morgan fingerprint density at radius 1 is 1.15 bits per heavy atom. The monoisotopic (exact) mass is 355 g/mol. The van der Waals surface area contributed by atoms with E-state index in [1.54, 1.807) is 12.1 Å². The van der Waals surface area contributed by atoms with Gasteiger partial charge in [-0.15, -0.1) is 0 Å². The van der Waals surface area contributed by atoms with E-state index in [-0.39, 0.29) is 10.6 Å². The Bertz CT molecular complexity index is 712. The Labute approximate surface area is 126 Å². The van der Waals surface area contributed by atoms with Crippen LogP contribution in [0.3, 0.4) is 0 Å². The molecule has 6 heteroatoms. The molecular formula is C14H14BrNO3S. The number of para-hydroxylation sites is 1. The first-order valence-corrected chi connectivity index (χ1v) is 8.52. The minimum Gasteiger partial charge on any atom is -0.487 e. The van der Waals surface area contributed by atoms with Gasteiger partial charge >= 0.3 is 0 Å². The fraction of sp³-hybridized carbons (Fsp3) is 0.143. The highest BCUT2D eigenvalue weighted by Crippen LogP contribution is 2.29. The van der Waals surface area contributed by atoms with Gasteiger partial charge in [0.2, 0.25) is 0 Å². The van der Waals surface area contributed by atoms with Crippen LogP contribution in [0.2, 0.25) is 0 Å². The molecule has 0 saturated carbocycles. The number of benzene rings is 2. The van der Waals surface area contributed by atoms with E-state index >= 15 is 0 Å². The molecule has 106 valence electrons. The molecule has 2 rings (SSSR count). The normalized spacial score (nSPS) is 11.3. The minimum atomic E-state index is -3.36. The van der Waals surface area contributed by atoms with Crippen LogP contribution in [0, 0.1) is 0 Å². The van der Waals surface area contributed by atoms with E-state index in [0.717, 1.165) is 16.3 Å². The smallest absolute Gasteiger partial charge is 0.177 e. The van der Waals surface area contributed by atoms with E-state index in [4.69, 9.17) is 10.5 Å². The quantitative estimate of drug-likeness (QED) is 0.855. The van der Waals surface area contributed by atoms with Crippen LogP contribution in [0.15, 0.2) is 51.8 Å². The number of hydrogen-bond donors (Lipinski definition) is 1. The largest absolute Gasteiger partial charge is 0.487 e.